The van der Waals surface area contributed by atoms with Crippen molar-refractivity contribution < 1.29 is 12.9 Å². The molecular formula is C11H12N4O3S. The Kier molecular flexibility index (Phi) is 2.74. The van der Waals surface area contributed by atoms with E-state index in [9.17, 15) is 8.42 Å². The molecule has 1 unspecified atom stereocenters. The monoisotopic (exact) mass is 280 g/mol. The predicted octanol–water partition coefficient (Wildman–Crippen LogP) is 0.616. The fourth-order valence-corrected chi connectivity index (χ4v) is 3.77. The van der Waals surface area contributed by atoms with Crippen LogP contribution in [-0.4, -0.2) is 35.0 Å². The van der Waals surface area contributed by atoms with Crippen molar-refractivity contribution >= 4 is 15.5 Å². The van der Waals surface area contributed by atoms with Crippen LogP contribution in [0.25, 0.3) is 11.6 Å². The Morgan fingerprint density at radius 2 is 2.21 bits per heavy atom. The Bertz CT molecular complexity index is 693. The van der Waals surface area contributed by atoms with Crippen LogP contribution in [0.15, 0.2) is 22.9 Å². The van der Waals surface area contributed by atoms with Crippen LogP contribution >= 0.6 is 0 Å². The van der Waals surface area contributed by atoms with Crippen LogP contribution in [0.3, 0.4) is 0 Å². The summed E-state index contributed by atoms with van der Waals surface area (Å²) in [7, 11) is -2.96. The number of anilines is 1. The van der Waals surface area contributed by atoms with Crippen molar-refractivity contribution in [2.45, 2.75) is 12.3 Å². The van der Waals surface area contributed by atoms with Gasteiger partial charge in [0.1, 0.15) is 5.69 Å². The Labute approximate surface area is 109 Å². The summed E-state index contributed by atoms with van der Waals surface area (Å²) < 4.78 is 27.9. The smallest absolute Gasteiger partial charge is 0.276 e. The molecule has 19 heavy (non-hydrogen) atoms. The largest absolute Gasteiger partial charge is 0.397 e. The molecule has 3 rings (SSSR count). The zero-order valence-electron chi connectivity index (χ0n) is 9.98. The summed E-state index contributed by atoms with van der Waals surface area (Å²) in [5, 5.41) is 3.84. The molecule has 1 aliphatic heterocycles. The van der Waals surface area contributed by atoms with Gasteiger partial charge in [0.25, 0.3) is 5.89 Å². The van der Waals surface area contributed by atoms with Gasteiger partial charge in [0.05, 0.1) is 23.4 Å². The van der Waals surface area contributed by atoms with Crippen molar-refractivity contribution in [2.75, 3.05) is 17.2 Å². The van der Waals surface area contributed by atoms with Gasteiger partial charge in [-0.2, -0.15) is 4.98 Å². The lowest BCUT2D eigenvalue weighted by Crippen LogP contribution is -2.05. The van der Waals surface area contributed by atoms with E-state index in [0.29, 0.717) is 23.6 Å². The molecule has 1 atom stereocenters. The van der Waals surface area contributed by atoms with Gasteiger partial charge in [-0.15, -0.1) is 0 Å². The third-order valence-electron chi connectivity index (χ3n) is 3.04. The molecule has 1 aliphatic rings. The minimum absolute atomic E-state index is 0.0845. The van der Waals surface area contributed by atoms with Gasteiger partial charge in [-0.05, 0) is 18.6 Å². The van der Waals surface area contributed by atoms with Gasteiger partial charge in [-0.3, -0.25) is 0 Å². The Morgan fingerprint density at radius 3 is 2.84 bits per heavy atom. The molecule has 0 aliphatic carbocycles. The summed E-state index contributed by atoms with van der Waals surface area (Å²) in [6, 6.07) is 3.37. The molecule has 3 heterocycles. The highest BCUT2D eigenvalue weighted by atomic mass is 32.2. The Morgan fingerprint density at radius 1 is 1.37 bits per heavy atom. The molecule has 0 saturated carbocycles. The maximum absolute atomic E-state index is 11.4. The van der Waals surface area contributed by atoms with Crippen LogP contribution in [0.4, 0.5) is 5.69 Å². The number of aromatic nitrogens is 3. The molecule has 2 aromatic rings. The van der Waals surface area contributed by atoms with Gasteiger partial charge in [0.2, 0.25) is 0 Å². The van der Waals surface area contributed by atoms with Crippen LogP contribution in [0, 0.1) is 0 Å². The summed E-state index contributed by atoms with van der Waals surface area (Å²) in [4.78, 5) is 8.29. The lowest BCUT2D eigenvalue weighted by atomic mass is 10.1. The van der Waals surface area contributed by atoms with Crippen LogP contribution in [0.5, 0.6) is 0 Å². The third kappa shape index (κ3) is 2.43. The SMILES string of the molecule is Nc1ccc(-c2nc(C3CCS(=O)(=O)C3)no2)nc1. The van der Waals surface area contributed by atoms with Crippen molar-refractivity contribution in [1.29, 1.82) is 0 Å². The van der Waals surface area contributed by atoms with Crippen LogP contribution in [-0.2, 0) is 9.84 Å². The first-order valence-electron chi connectivity index (χ1n) is 5.79. The van der Waals surface area contributed by atoms with Crippen molar-refractivity contribution in [3.63, 3.8) is 0 Å². The molecule has 0 aromatic carbocycles. The summed E-state index contributed by atoms with van der Waals surface area (Å²) in [6.45, 7) is 0. The standard InChI is InChI=1S/C11H12N4O3S/c12-8-1-2-9(13-5-8)11-14-10(15-18-11)7-3-4-19(16,17)6-7/h1-2,5,7H,3-4,6,12H2. The molecule has 1 fully saturated rings. The van der Waals surface area contributed by atoms with Gasteiger partial charge in [0.15, 0.2) is 15.7 Å². The minimum atomic E-state index is -2.96. The van der Waals surface area contributed by atoms with E-state index >= 15 is 0 Å². The lowest BCUT2D eigenvalue weighted by Gasteiger charge is -1.98. The summed E-state index contributed by atoms with van der Waals surface area (Å²) in [5.74, 6) is 0.785. The fraction of sp³-hybridized carbons (Fsp3) is 0.364. The van der Waals surface area contributed by atoms with Gasteiger partial charge >= 0.3 is 0 Å². The highest BCUT2D eigenvalue weighted by Crippen LogP contribution is 2.28. The molecule has 100 valence electrons. The fourth-order valence-electron chi connectivity index (χ4n) is 2.04. The van der Waals surface area contributed by atoms with E-state index in [1.807, 2.05) is 0 Å². The van der Waals surface area contributed by atoms with Gasteiger partial charge in [-0.25, -0.2) is 13.4 Å². The quantitative estimate of drug-likeness (QED) is 0.857. The summed E-state index contributed by atoms with van der Waals surface area (Å²) in [5.41, 5.74) is 6.61. The van der Waals surface area contributed by atoms with E-state index in [1.165, 1.54) is 6.20 Å². The summed E-state index contributed by atoms with van der Waals surface area (Å²) >= 11 is 0. The normalized spacial score (nSPS) is 21.6. The molecule has 2 N–H and O–H groups in total. The number of hydrogen-bond donors (Lipinski definition) is 1. The number of nitrogens with two attached hydrogens (primary N) is 1. The first kappa shape index (κ1) is 12.1. The molecule has 1 saturated heterocycles. The molecule has 0 radical (unpaired) electrons. The number of nitrogen functional groups attached to an aromatic ring is 1. The third-order valence-corrected chi connectivity index (χ3v) is 4.81. The van der Waals surface area contributed by atoms with Gasteiger partial charge in [0, 0.05) is 5.92 Å². The number of pyridine rings is 1. The zero-order chi connectivity index (χ0) is 13.5. The maximum atomic E-state index is 11.4. The second kappa shape index (κ2) is 4.30. The first-order valence-corrected chi connectivity index (χ1v) is 7.61. The summed E-state index contributed by atoms with van der Waals surface area (Å²) in [6.07, 6.45) is 2.04. The van der Waals surface area contributed by atoms with Crippen molar-refractivity contribution in [2.24, 2.45) is 0 Å². The van der Waals surface area contributed by atoms with Crippen LogP contribution < -0.4 is 5.73 Å². The molecule has 0 spiro atoms. The second-order valence-corrected chi connectivity index (χ2v) is 6.76. The average molecular weight is 280 g/mol. The molecule has 8 heteroatoms. The molecule has 0 amide bonds. The first-order chi connectivity index (χ1) is 9.03. The minimum Gasteiger partial charge on any atom is -0.397 e. The molecule has 2 aromatic heterocycles. The highest BCUT2D eigenvalue weighted by molar-refractivity contribution is 7.91. The topological polar surface area (TPSA) is 112 Å². The van der Waals surface area contributed by atoms with Crippen molar-refractivity contribution in [3.8, 4) is 11.6 Å². The van der Waals surface area contributed by atoms with Crippen LogP contribution in [0.1, 0.15) is 18.2 Å². The van der Waals surface area contributed by atoms with Gasteiger partial charge in [-0.1, -0.05) is 5.16 Å². The van der Waals surface area contributed by atoms with E-state index in [0.717, 1.165) is 0 Å². The Balaban J connectivity index is 1.86. The zero-order valence-corrected chi connectivity index (χ0v) is 10.8. The van der Waals surface area contributed by atoms with E-state index in [-0.39, 0.29) is 23.3 Å². The van der Waals surface area contributed by atoms with E-state index in [4.69, 9.17) is 10.3 Å². The molecule has 7 nitrogen and oxygen atoms in total. The number of sulfone groups is 1. The predicted molar refractivity (Wildman–Crippen MR) is 68.0 cm³/mol. The van der Waals surface area contributed by atoms with Crippen molar-refractivity contribution in [1.82, 2.24) is 15.1 Å². The second-order valence-electron chi connectivity index (χ2n) is 4.53. The highest BCUT2D eigenvalue weighted by Gasteiger charge is 2.32. The van der Waals surface area contributed by atoms with Gasteiger partial charge < -0.3 is 10.3 Å². The van der Waals surface area contributed by atoms with E-state index in [2.05, 4.69) is 15.1 Å². The molecule has 0 bridgehead atoms. The Hall–Kier alpha value is -1.96. The number of rotatable bonds is 2. The lowest BCUT2D eigenvalue weighted by molar-refractivity contribution is 0.416. The number of hydrogen-bond acceptors (Lipinski definition) is 7. The van der Waals surface area contributed by atoms with Crippen LogP contribution in [0.2, 0.25) is 0 Å². The number of nitrogens with zero attached hydrogens (tertiary/aromatic N) is 3. The maximum Gasteiger partial charge on any atom is 0.276 e. The van der Waals surface area contributed by atoms with E-state index < -0.39 is 9.84 Å². The van der Waals surface area contributed by atoms with E-state index in [1.54, 1.807) is 12.1 Å². The van der Waals surface area contributed by atoms with Crippen molar-refractivity contribution in [3.05, 3.63) is 24.2 Å². The average Bonchev–Trinajstić information content (AvgIpc) is 2.96. The molecular weight excluding hydrogens is 268 g/mol.